The zero-order valence-corrected chi connectivity index (χ0v) is 19.0. The van der Waals surface area contributed by atoms with E-state index in [1.807, 2.05) is 103 Å². The highest BCUT2D eigenvalue weighted by molar-refractivity contribution is 6.09. The number of amides is 2. The number of nitrogens with zero attached hydrogens (tertiary/aromatic N) is 2. The average Bonchev–Trinajstić information content (AvgIpc) is 3.16. The summed E-state index contributed by atoms with van der Waals surface area (Å²) < 4.78 is 6.00. The van der Waals surface area contributed by atoms with Crippen molar-refractivity contribution in [1.82, 2.24) is 0 Å². The first kappa shape index (κ1) is 21.0. The van der Waals surface area contributed by atoms with E-state index < -0.39 is 0 Å². The molecule has 33 heavy (non-hydrogen) atoms. The third kappa shape index (κ3) is 3.50. The van der Waals surface area contributed by atoms with E-state index in [0.29, 0.717) is 17.8 Å². The van der Waals surface area contributed by atoms with Crippen LogP contribution in [0.2, 0.25) is 0 Å². The Morgan fingerprint density at radius 2 is 1.61 bits per heavy atom. The lowest BCUT2D eigenvalue weighted by Gasteiger charge is -2.43. The number of carbonyl (C=O) groups is 2. The van der Waals surface area contributed by atoms with Gasteiger partial charge in [0.25, 0.3) is 5.91 Å². The van der Waals surface area contributed by atoms with Crippen LogP contribution >= 0.6 is 0 Å². The number of para-hydroxylation sites is 3. The minimum absolute atomic E-state index is 0.0268. The maximum absolute atomic E-state index is 13.8. The molecule has 2 heterocycles. The molecular formula is C28H26N2O3. The minimum Gasteiger partial charge on any atom is -0.451 e. The molecule has 1 aromatic heterocycles. The number of anilines is 2. The standard InChI is InChI=1S/C28H26N2O3/c1-18-17-25(30(20(3)31)21-11-5-4-6-12-21)23-14-7-9-15-24(23)29(18)28(32)27-19(2)22-13-8-10-16-26(22)33-27/h4-16,18,25H,17H2,1-3H3. The van der Waals surface area contributed by atoms with Gasteiger partial charge in [-0.3, -0.25) is 9.59 Å². The second kappa shape index (κ2) is 8.24. The molecule has 0 aliphatic carbocycles. The van der Waals surface area contributed by atoms with E-state index in [9.17, 15) is 9.59 Å². The molecule has 1 aliphatic heterocycles. The van der Waals surface area contributed by atoms with E-state index in [4.69, 9.17) is 4.42 Å². The molecule has 0 spiro atoms. The van der Waals surface area contributed by atoms with Crippen molar-refractivity contribution in [1.29, 1.82) is 0 Å². The van der Waals surface area contributed by atoms with Crippen LogP contribution in [0.25, 0.3) is 11.0 Å². The lowest BCUT2D eigenvalue weighted by molar-refractivity contribution is -0.117. The minimum atomic E-state index is -0.170. The molecular weight excluding hydrogens is 412 g/mol. The molecule has 2 atom stereocenters. The Labute approximate surface area is 193 Å². The first-order chi connectivity index (χ1) is 16.0. The molecule has 3 aromatic carbocycles. The van der Waals surface area contributed by atoms with Crippen LogP contribution in [0.4, 0.5) is 11.4 Å². The maximum atomic E-state index is 13.8. The molecule has 0 saturated heterocycles. The van der Waals surface area contributed by atoms with Gasteiger partial charge in [0.2, 0.25) is 5.91 Å². The van der Waals surface area contributed by atoms with Crippen LogP contribution in [0.5, 0.6) is 0 Å². The van der Waals surface area contributed by atoms with Gasteiger partial charge >= 0.3 is 0 Å². The third-order valence-electron chi connectivity index (χ3n) is 6.50. The second-order valence-corrected chi connectivity index (χ2v) is 8.61. The first-order valence-electron chi connectivity index (χ1n) is 11.2. The normalized spacial score (nSPS) is 17.6. The number of furan rings is 1. The van der Waals surface area contributed by atoms with E-state index in [1.165, 1.54) is 0 Å². The Morgan fingerprint density at radius 3 is 2.33 bits per heavy atom. The Balaban J connectivity index is 1.60. The number of aryl methyl sites for hydroxylation is 1. The Bertz CT molecular complexity index is 1340. The Hall–Kier alpha value is -3.86. The zero-order chi connectivity index (χ0) is 23.1. The lowest BCUT2D eigenvalue weighted by atomic mass is 9.89. The van der Waals surface area contributed by atoms with E-state index >= 15 is 0 Å². The SMILES string of the molecule is CC(=O)N(c1ccccc1)C1CC(C)N(C(=O)c2oc3ccccc3c2C)c2ccccc21. The van der Waals surface area contributed by atoms with Crippen LogP contribution in [0, 0.1) is 6.92 Å². The number of rotatable bonds is 3. The van der Waals surface area contributed by atoms with Crippen molar-refractivity contribution >= 4 is 34.2 Å². The predicted octanol–water partition coefficient (Wildman–Crippen LogP) is 6.27. The molecule has 1 aliphatic rings. The molecule has 0 N–H and O–H groups in total. The number of fused-ring (bicyclic) bond motifs is 2. The summed E-state index contributed by atoms with van der Waals surface area (Å²) in [6, 6.07) is 25.0. The fraction of sp³-hybridized carbons (Fsp3) is 0.214. The monoisotopic (exact) mass is 438 g/mol. The number of hydrogen-bond donors (Lipinski definition) is 0. The fourth-order valence-corrected chi connectivity index (χ4v) is 4.99. The van der Waals surface area contributed by atoms with E-state index in [1.54, 1.807) is 6.92 Å². The third-order valence-corrected chi connectivity index (χ3v) is 6.50. The summed E-state index contributed by atoms with van der Waals surface area (Å²) in [7, 11) is 0. The quantitative estimate of drug-likeness (QED) is 0.379. The van der Waals surface area contributed by atoms with Crippen molar-refractivity contribution in [2.24, 2.45) is 0 Å². The van der Waals surface area contributed by atoms with E-state index in [-0.39, 0.29) is 23.9 Å². The molecule has 2 amide bonds. The van der Waals surface area contributed by atoms with Crippen LogP contribution in [0.1, 0.15) is 48.0 Å². The Morgan fingerprint density at radius 1 is 0.939 bits per heavy atom. The van der Waals surface area contributed by atoms with Gasteiger partial charge < -0.3 is 14.2 Å². The number of carbonyl (C=O) groups excluding carboxylic acids is 2. The summed E-state index contributed by atoms with van der Waals surface area (Å²) in [6.45, 7) is 5.55. The van der Waals surface area contributed by atoms with Gasteiger partial charge in [-0.15, -0.1) is 0 Å². The van der Waals surface area contributed by atoms with Crippen LogP contribution in [-0.4, -0.2) is 17.9 Å². The van der Waals surface area contributed by atoms with Crippen molar-refractivity contribution in [3.05, 3.63) is 95.7 Å². The maximum Gasteiger partial charge on any atom is 0.294 e. The molecule has 0 saturated carbocycles. The van der Waals surface area contributed by atoms with Crippen LogP contribution in [0.15, 0.2) is 83.3 Å². The molecule has 4 aromatic rings. The summed E-state index contributed by atoms with van der Waals surface area (Å²) in [5.41, 5.74) is 4.17. The summed E-state index contributed by atoms with van der Waals surface area (Å²) in [5.74, 6) is 0.181. The van der Waals surface area contributed by atoms with Crippen molar-refractivity contribution < 1.29 is 14.0 Å². The molecule has 2 unspecified atom stereocenters. The van der Waals surface area contributed by atoms with Gasteiger partial charge in [0.05, 0.1) is 6.04 Å². The van der Waals surface area contributed by atoms with Gasteiger partial charge in [-0.1, -0.05) is 54.6 Å². The van der Waals surface area contributed by atoms with Gasteiger partial charge in [-0.2, -0.15) is 0 Å². The summed E-state index contributed by atoms with van der Waals surface area (Å²) in [4.78, 5) is 30.2. The molecule has 166 valence electrons. The average molecular weight is 439 g/mol. The highest BCUT2D eigenvalue weighted by Gasteiger charge is 2.39. The van der Waals surface area contributed by atoms with Gasteiger partial charge in [0.1, 0.15) is 5.58 Å². The highest BCUT2D eigenvalue weighted by atomic mass is 16.3. The van der Waals surface area contributed by atoms with Crippen molar-refractivity contribution in [3.8, 4) is 0 Å². The number of benzene rings is 3. The van der Waals surface area contributed by atoms with Gasteiger partial charge in [-0.05, 0) is 50.1 Å². The summed E-state index contributed by atoms with van der Waals surface area (Å²) >= 11 is 0. The van der Waals surface area contributed by atoms with Gasteiger partial charge in [-0.25, -0.2) is 0 Å². The molecule has 0 bridgehead atoms. The number of hydrogen-bond acceptors (Lipinski definition) is 3. The van der Waals surface area contributed by atoms with Crippen molar-refractivity contribution in [2.75, 3.05) is 9.80 Å². The van der Waals surface area contributed by atoms with Crippen LogP contribution in [-0.2, 0) is 4.79 Å². The second-order valence-electron chi connectivity index (χ2n) is 8.61. The smallest absolute Gasteiger partial charge is 0.294 e. The molecule has 5 rings (SSSR count). The topological polar surface area (TPSA) is 53.8 Å². The molecule has 0 radical (unpaired) electrons. The largest absolute Gasteiger partial charge is 0.451 e. The highest BCUT2D eigenvalue weighted by Crippen LogP contribution is 2.43. The predicted molar refractivity (Wildman–Crippen MR) is 131 cm³/mol. The van der Waals surface area contributed by atoms with E-state index in [2.05, 4.69) is 0 Å². The fourth-order valence-electron chi connectivity index (χ4n) is 4.99. The van der Waals surface area contributed by atoms with E-state index in [0.717, 1.165) is 27.9 Å². The molecule has 0 fully saturated rings. The van der Waals surface area contributed by atoms with Gasteiger partial charge in [0, 0.05) is 35.3 Å². The zero-order valence-electron chi connectivity index (χ0n) is 19.0. The van der Waals surface area contributed by atoms with Crippen molar-refractivity contribution in [2.45, 2.75) is 39.3 Å². The molecule has 5 nitrogen and oxygen atoms in total. The van der Waals surface area contributed by atoms with Crippen LogP contribution < -0.4 is 9.80 Å². The first-order valence-corrected chi connectivity index (χ1v) is 11.2. The molecule has 5 heteroatoms. The Kier molecular flexibility index (Phi) is 5.25. The van der Waals surface area contributed by atoms with Gasteiger partial charge in [0.15, 0.2) is 5.76 Å². The van der Waals surface area contributed by atoms with Crippen molar-refractivity contribution in [3.63, 3.8) is 0 Å². The van der Waals surface area contributed by atoms with Crippen LogP contribution in [0.3, 0.4) is 0 Å². The summed E-state index contributed by atoms with van der Waals surface area (Å²) in [5, 5.41) is 0.948. The summed E-state index contributed by atoms with van der Waals surface area (Å²) in [6.07, 6.45) is 0.622. The lowest BCUT2D eigenvalue weighted by Crippen LogP contribution is -2.47.